The summed E-state index contributed by atoms with van der Waals surface area (Å²) in [7, 11) is 0. The highest BCUT2D eigenvalue weighted by molar-refractivity contribution is 5.89. The average Bonchev–Trinajstić information content (AvgIpc) is 3.19. The molecule has 3 heteroatoms. The maximum absolute atomic E-state index is 13.1. The molecule has 1 aliphatic heterocycles. The predicted molar refractivity (Wildman–Crippen MR) is 121 cm³/mol. The second-order valence-electron chi connectivity index (χ2n) is 12.3. The van der Waals surface area contributed by atoms with Crippen molar-refractivity contribution in [3.05, 3.63) is 34.9 Å². The van der Waals surface area contributed by atoms with Crippen LogP contribution in [0.25, 0.3) is 0 Å². The topological polar surface area (TPSA) is 35.5 Å². The number of carbonyl (C=O) groups is 1. The highest BCUT2D eigenvalue weighted by atomic mass is 16.7. The number of hydrogen-bond donors (Lipinski definition) is 0. The van der Waals surface area contributed by atoms with E-state index in [0.717, 1.165) is 51.7 Å². The number of fused-ring (bicyclic) bond motifs is 2. The van der Waals surface area contributed by atoms with Gasteiger partial charge in [0.15, 0.2) is 5.79 Å². The van der Waals surface area contributed by atoms with Gasteiger partial charge in [-0.1, -0.05) is 51.5 Å². The van der Waals surface area contributed by atoms with Gasteiger partial charge in [-0.2, -0.15) is 0 Å². The molecule has 4 atom stereocenters. The Labute approximate surface area is 187 Å². The van der Waals surface area contributed by atoms with Crippen molar-refractivity contribution in [2.24, 2.45) is 27.6 Å². The molecule has 1 saturated carbocycles. The van der Waals surface area contributed by atoms with E-state index in [1.165, 1.54) is 12.8 Å². The smallest absolute Gasteiger partial charge is 0.172 e. The number of ether oxygens (including phenoxy) is 2. The van der Waals surface area contributed by atoms with E-state index in [-0.39, 0.29) is 27.4 Å². The van der Waals surface area contributed by atoms with Gasteiger partial charge in [0.1, 0.15) is 5.78 Å². The largest absolute Gasteiger partial charge is 0.349 e. The lowest BCUT2D eigenvalue weighted by atomic mass is 9.48. The lowest BCUT2D eigenvalue weighted by molar-refractivity contribution is -0.302. The summed E-state index contributed by atoms with van der Waals surface area (Å²) >= 11 is 0. The van der Waals surface area contributed by atoms with Gasteiger partial charge in [-0.3, -0.25) is 4.79 Å². The fraction of sp³-hybridized carbons (Fsp3) is 0.750. The minimum Gasteiger partial charge on any atom is -0.349 e. The van der Waals surface area contributed by atoms with Crippen molar-refractivity contribution in [1.29, 1.82) is 0 Å². The molecule has 168 valence electrons. The zero-order valence-corrected chi connectivity index (χ0v) is 19.8. The molecular formula is C28H38O3. The molecule has 0 aromatic carbocycles. The fourth-order valence-corrected chi connectivity index (χ4v) is 8.48. The highest BCUT2D eigenvalue weighted by Gasteiger charge is 2.72. The Hall–Kier alpha value is -1.19. The first-order valence-electron chi connectivity index (χ1n) is 12.6. The normalized spacial score (nSPS) is 44.0. The molecule has 0 N–H and O–H groups in total. The van der Waals surface area contributed by atoms with Crippen molar-refractivity contribution in [3.63, 3.8) is 0 Å². The Bertz CT molecular complexity index is 926. The van der Waals surface area contributed by atoms with E-state index in [0.29, 0.717) is 18.1 Å². The maximum Gasteiger partial charge on any atom is 0.172 e. The van der Waals surface area contributed by atoms with Gasteiger partial charge >= 0.3 is 0 Å². The first kappa shape index (κ1) is 20.4. The minimum absolute atomic E-state index is 0.0659. The van der Waals surface area contributed by atoms with Crippen LogP contribution in [-0.2, 0) is 14.3 Å². The van der Waals surface area contributed by atoms with Crippen LogP contribution >= 0.6 is 0 Å². The molecule has 3 nitrogen and oxygen atoms in total. The van der Waals surface area contributed by atoms with Gasteiger partial charge in [0.25, 0.3) is 0 Å². The minimum atomic E-state index is -0.382. The molecule has 0 radical (unpaired) electrons. The summed E-state index contributed by atoms with van der Waals surface area (Å²) < 4.78 is 12.7. The molecule has 1 spiro atoms. The fourth-order valence-electron chi connectivity index (χ4n) is 8.48. The first-order chi connectivity index (χ1) is 14.7. The number of carbonyl (C=O) groups excluding carboxylic acids is 1. The van der Waals surface area contributed by atoms with Gasteiger partial charge in [0, 0.05) is 30.1 Å². The first-order valence-corrected chi connectivity index (χ1v) is 12.6. The van der Waals surface area contributed by atoms with Crippen LogP contribution in [-0.4, -0.2) is 24.8 Å². The molecule has 2 bridgehead atoms. The van der Waals surface area contributed by atoms with Crippen LogP contribution in [0.5, 0.6) is 0 Å². The molecule has 0 amide bonds. The SMILES string of the molecule is CCC(=O)[C@@]12C=CC3(CC1)[C@@H]1CCC4=C(CCC5(C4)OCC(C)(C)CO5)C1=CC[C@@]32C. The van der Waals surface area contributed by atoms with Crippen LogP contribution in [0.4, 0.5) is 0 Å². The predicted octanol–water partition coefficient (Wildman–Crippen LogP) is 6.30. The van der Waals surface area contributed by atoms with Crippen molar-refractivity contribution in [2.75, 3.05) is 13.2 Å². The lowest BCUT2D eigenvalue weighted by Gasteiger charge is -2.55. The summed E-state index contributed by atoms with van der Waals surface area (Å²) in [6.45, 7) is 10.5. The maximum atomic E-state index is 13.1. The summed E-state index contributed by atoms with van der Waals surface area (Å²) in [5, 5.41) is 0. The molecule has 0 aromatic rings. The van der Waals surface area contributed by atoms with Gasteiger partial charge < -0.3 is 9.47 Å². The Balaban J connectivity index is 1.33. The molecular weight excluding hydrogens is 384 g/mol. The van der Waals surface area contributed by atoms with Crippen LogP contribution in [0.2, 0.25) is 0 Å². The summed E-state index contributed by atoms with van der Waals surface area (Å²) in [5.74, 6) is 0.663. The number of ketones is 1. The average molecular weight is 423 g/mol. The zero-order chi connectivity index (χ0) is 21.7. The second-order valence-corrected chi connectivity index (χ2v) is 12.3. The third-order valence-corrected chi connectivity index (χ3v) is 10.4. The van der Waals surface area contributed by atoms with Crippen LogP contribution in [0, 0.1) is 27.6 Å². The van der Waals surface area contributed by atoms with Crippen molar-refractivity contribution in [3.8, 4) is 0 Å². The number of Topliss-reactive ketones (excluding diaryl/α,β-unsaturated/α-hetero) is 1. The Morgan fingerprint density at radius 2 is 1.84 bits per heavy atom. The standard InChI is InChI=1S/C28H38O3/c1-5-23(29)27-14-12-26(13-15-27)22-7-6-19-16-28(30-17-24(2,3)18-31-28)11-9-20(19)21(22)8-10-25(26,27)4/h8,12,14,22H,5-7,9-11,13,15-18H2,1-4H3/t22-,25+,26?,27-/m1/s1. The third-order valence-electron chi connectivity index (χ3n) is 10.4. The van der Waals surface area contributed by atoms with Crippen molar-refractivity contribution in [1.82, 2.24) is 0 Å². The molecule has 6 aliphatic rings. The molecule has 31 heavy (non-hydrogen) atoms. The van der Waals surface area contributed by atoms with E-state index in [1.54, 1.807) is 16.7 Å². The molecule has 1 heterocycles. The van der Waals surface area contributed by atoms with Crippen LogP contribution < -0.4 is 0 Å². The monoisotopic (exact) mass is 422 g/mol. The molecule has 1 saturated heterocycles. The van der Waals surface area contributed by atoms with Crippen LogP contribution in [0.1, 0.15) is 85.5 Å². The summed E-state index contributed by atoms with van der Waals surface area (Å²) in [6.07, 6.45) is 16.7. The Morgan fingerprint density at radius 3 is 2.52 bits per heavy atom. The second kappa shape index (κ2) is 6.23. The Morgan fingerprint density at radius 1 is 1.06 bits per heavy atom. The number of allylic oxidation sites excluding steroid dienone is 5. The van der Waals surface area contributed by atoms with Gasteiger partial charge in [-0.05, 0) is 61.0 Å². The summed E-state index contributed by atoms with van der Waals surface area (Å²) in [5.41, 5.74) is 4.97. The van der Waals surface area contributed by atoms with E-state index in [2.05, 4.69) is 39.0 Å². The lowest BCUT2D eigenvalue weighted by Crippen LogP contribution is -2.51. The molecule has 6 rings (SSSR count). The molecule has 5 aliphatic carbocycles. The van der Waals surface area contributed by atoms with Gasteiger partial charge in [-0.25, -0.2) is 0 Å². The van der Waals surface area contributed by atoms with Gasteiger partial charge in [-0.15, -0.1) is 0 Å². The van der Waals surface area contributed by atoms with E-state index < -0.39 is 0 Å². The van der Waals surface area contributed by atoms with Crippen molar-refractivity contribution >= 4 is 5.78 Å². The van der Waals surface area contributed by atoms with Crippen molar-refractivity contribution < 1.29 is 14.3 Å². The van der Waals surface area contributed by atoms with E-state index >= 15 is 0 Å². The van der Waals surface area contributed by atoms with E-state index in [4.69, 9.17) is 9.47 Å². The number of rotatable bonds is 2. The van der Waals surface area contributed by atoms with E-state index in [1.807, 2.05) is 6.92 Å². The quantitative estimate of drug-likeness (QED) is 0.490. The van der Waals surface area contributed by atoms with Crippen molar-refractivity contribution in [2.45, 2.75) is 91.3 Å². The van der Waals surface area contributed by atoms with Gasteiger partial charge in [0.2, 0.25) is 0 Å². The van der Waals surface area contributed by atoms with Gasteiger partial charge in [0.05, 0.1) is 18.6 Å². The van der Waals surface area contributed by atoms with Crippen LogP contribution in [0.3, 0.4) is 0 Å². The highest BCUT2D eigenvalue weighted by Crippen LogP contribution is 2.77. The third kappa shape index (κ3) is 2.40. The van der Waals surface area contributed by atoms with Crippen LogP contribution in [0.15, 0.2) is 34.9 Å². The zero-order valence-electron chi connectivity index (χ0n) is 19.8. The number of hydrogen-bond acceptors (Lipinski definition) is 3. The van der Waals surface area contributed by atoms with E-state index in [9.17, 15) is 4.79 Å². The Kier molecular flexibility index (Phi) is 4.10. The molecule has 2 fully saturated rings. The molecule has 1 unspecified atom stereocenters. The molecule has 0 aromatic heterocycles. The summed E-state index contributed by atoms with van der Waals surface area (Å²) in [4.78, 5) is 13.1. The summed E-state index contributed by atoms with van der Waals surface area (Å²) in [6, 6.07) is 0.